The number of rotatable bonds is 4. The van der Waals surface area contributed by atoms with Gasteiger partial charge in [-0.2, -0.15) is 0 Å². The van der Waals surface area contributed by atoms with Gasteiger partial charge in [0.25, 0.3) is 11.6 Å². The fourth-order valence-corrected chi connectivity index (χ4v) is 2.80. The minimum Gasteiger partial charge on any atom is -0.452 e. The topological polar surface area (TPSA) is 119 Å². The Hall–Kier alpha value is -3.75. The molecule has 1 aliphatic heterocycles. The predicted octanol–water partition coefficient (Wildman–Crippen LogP) is 2.05. The van der Waals surface area contributed by atoms with Gasteiger partial charge in [-0.3, -0.25) is 24.6 Å². The number of nitro groups is 1. The molecule has 0 atom stereocenters. The normalized spacial score (nSPS) is 12.8. The summed E-state index contributed by atoms with van der Waals surface area (Å²) in [5.74, 6) is -1.96. The number of carbonyl (C=O) groups excluding carboxylic acids is 3. The van der Waals surface area contributed by atoms with Crippen LogP contribution in [0.5, 0.6) is 0 Å². The smallest absolute Gasteiger partial charge is 0.345 e. The Kier molecular flexibility index (Phi) is 4.84. The second-order valence-corrected chi connectivity index (χ2v) is 5.85. The minimum atomic E-state index is -0.978. The van der Waals surface area contributed by atoms with Gasteiger partial charge in [-0.05, 0) is 25.1 Å². The summed E-state index contributed by atoms with van der Waals surface area (Å²) in [5, 5.41) is 13.8. The number of fused-ring (bicyclic) bond motifs is 1. The number of anilines is 2. The molecule has 138 valence electrons. The Morgan fingerprint density at radius 1 is 1.22 bits per heavy atom. The lowest BCUT2D eigenvalue weighted by Gasteiger charge is -2.28. The van der Waals surface area contributed by atoms with Crippen LogP contribution in [0.15, 0.2) is 42.5 Å². The van der Waals surface area contributed by atoms with Crippen LogP contribution in [0, 0.1) is 17.0 Å². The fraction of sp³-hybridized carbons (Fsp3) is 0.167. The molecular formula is C18H15N3O6. The number of para-hydroxylation sites is 3. The number of nitrogens with zero attached hydrogens (tertiary/aromatic N) is 2. The van der Waals surface area contributed by atoms with Gasteiger partial charge in [0.1, 0.15) is 12.1 Å². The minimum absolute atomic E-state index is 0.210. The lowest BCUT2D eigenvalue weighted by Crippen LogP contribution is -2.44. The van der Waals surface area contributed by atoms with Crippen LogP contribution >= 0.6 is 0 Å². The van der Waals surface area contributed by atoms with E-state index in [4.69, 9.17) is 4.74 Å². The molecule has 3 rings (SSSR count). The highest BCUT2D eigenvalue weighted by atomic mass is 16.6. The summed E-state index contributed by atoms with van der Waals surface area (Å²) in [7, 11) is 0. The van der Waals surface area contributed by atoms with Crippen LogP contribution in [0.4, 0.5) is 17.1 Å². The Morgan fingerprint density at radius 3 is 2.70 bits per heavy atom. The van der Waals surface area contributed by atoms with Gasteiger partial charge in [-0.25, -0.2) is 4.79 Å². The van der Waals surface area contributed by atoms with Crippen molar-refractivity contribution in [2.75, 3.05) is 23.4 Å². The van der Waals surface area contributed by atoms with Crippen molar-refractivity contribution in [1.29, 1.82) is 0 Å². The van der Waals surface area contributed by atoms with Gasteiger partial charge in [0.2, 0.25) is 5.91 Å². The number of esters is 1. The first-order valence-electron chi connectivity index (χ1n) is 7.99. The Morgan fingerprint density at radius 2 is 1.96 bits per heavy atom. The number of hydrogen-bond acceptors (Lipinski definition) is 6. The van der Waals surface area contributed by atoms with E-state index in [2.05, 4.69) is 5.32 Å². The number of hydrogen-bond donors (Lipinski definition) is 1. The van der Waals surface area contributed by atoms with Gasteiger partial charge in [-0.15, -0.1) is 0 Å². The first-order valence-corrected chi connectivity index (χ1v) is 7.99. The van der Waals surface area contributed by atoms with Crippen molar-refractivity contribution in [3.8, 4) is 0 Å². The predicted molar refractivity (Wildman–Crippen MR) is 95.5 cm³/mol. The highest BCUT2D eigenvalue weighted by Crippen LogP contribution is 2.29. The Bertz CT molecular complexity index is 956. The van der Waals surface area contributed by atoms with Crippen molar-refractivity contribution in [1.82, 2.24) is 0 Å². The zero-order valence-corrected chi connectivity index (χ0v) is 14.3. The number of nitrogens with one attached hydrogen (secondary N) is 1. The molecule has 2 aromatic rings. The highest BCUT2D eigenvalue weighted by molar-refractivity contribution is 6.10. The third kappa shape index (κ3) is 3.61. The lowest BCUT2D eigenvalue weighted by atomic mass is 10.1. The van der Waals surface area contributed by atoms with Crippen molar-refractivity contribution in [3.63, 3.8) is 0 Å². The number of carbonyl (C=O) groups is 3. The standard InChI is InChI=1S/C18H15N3O6/c1-11-5-4-6-12(17(11)21(25)26)18(24)27-10-16(23)20-9-15(22)19-13-7-2-3-8-14(13)20/h2-8H,9-10H2,1H3,(H,19,22). The third-order valence-corrected chi connectivity index (χ3v) is 4.04. The molecule has 0 radical (unpaired) electrons. The van der Waals surface area contributed by atoms with Gasteiger partial charge in [0.15, 0.2) is 6.61 Å². The van der Waals surface area contributed by atoms with E-state index in [0.717, 1.165) is 0 Å². The van der Waals surface area contributed by atoms with Crippen LogP contribution in [0.25, 0.3) is 0 Å². The summed E-state index contributed by atoms with van der Waals surface area (Å²) >= 11 is 0. The molecule has 0 saturated carbocycles. The van der Waals surface area contributed by atoms with Crippen molar-refractivity contribution in [2.45, 2.75) is 6.92 Å². The molecular weight excluding hydrogens is 354 g/mol. The van der Waals surface area contributed by atoms with Crippen molar-refractivity contribution < 1.29 is 24.0 Å². The number of aryl methyl sites for hydroxylation is 1. The molecule has 0 fully saturated rings. The second-order valence-electron chi connectivity index (χ2n) is 5.85. The van der Waals surface area contributed by atoms with Crippen LogP contribution in [0.1, 0.15) is 15.9 Å². The molecule has 0 aliphatic carbocycles. The summed E-state index contributed by atoms with van der Waals surface area (Å²) in [6.07, 6.45) is 0. The zero-order valence-electron chi connectivity index (χ0n) is 14.3. The molecule has 0 bridgehead atoms. The van der Waals surface area contributed by atoms with E-state index >= 15 is 0 Å². The Labute approximate surface area is 153 Å². The van der Waals surface area contributed by atoms with E-state index in [0.29, 0.717) is 16.9 Å². The molecule has 1 N–H and O–H groups in total. The molecule has 27 heavy (non-hydrogen) atoms. The van der Waals surface area contributed by atoms with Crippen molar-refractivity contribution >= 4 is 34.8 Å². The largest absolute Gasteiger partial charge is 0.452 e. The lowest BCUT2D eigenvalue weighted by molar-refractivity contribution is -0.385. The molecule has 9 nitrogen and oxygen atoms in total. The monoisotopic (exact) mass is 369 g/mol. The molecule has 0 unspecified atom stereocenters. The molecule has 1 aliphatic rings. The molecule has 0 spiro atoms. The summed E-state index contributed by atoms with van der Waals surface area (Å²) in [4.78, 5) is 48.2. The quantitative estimate of drug-likeness (QED) is 0.500. The van der Waals surface area contributed by atoms with E-state index in [1.165, 1.54) is 30.0 Å². The highest BCUT2D eigenvalue weighted by Gasteiger charge is 2.29. The first-order chi connectivity index (χ1) is 12.9. The van der Waals surface area contributed by atoms with Crippen LogP contribution < -0.4 is 10.2 Å². The maximum atomic E-state index is 12.5. The fourth-order valence-electron chi connectivity index (χ4n) is 2.80. The molecule has 2 amide bonds. The summed E-state index contributed by atoms with van der Waals surface area (Å²) < 4.78 is 4.97. The molecule has 9 heteroatoms. The van der Waals surface area contributed by atoms with Crippen LogP contribution in [0.2, 0.25) is 0 Å². The van der Waals surface area contributed by atoms with Crippen LogP contribution in [-0.2, 0) is 14.3 Å². The van der Waals surface area contributed by atoms with E-state index in [-0.39, 0.29) is 23.7 Å². The van der Waals surface area contributed by atoms with Gasteiger partial charge in [-0.1, -0.05) is 24.3 Å². The van der Waals surface area contributed by atoms with Crippen molar-refractivity contribution in [3.05, 3.63) is 63.7 Å². The van der Waals surface area contributed by atoms with Gasteiger partial charge in [0, 0.05) is 5.56 Å². The van der Waals surface area contributed by atoms with Gasteiger partial charge in [0.05, 0.1) is 16.3 Å². The molecule has 0 saturated heterocycles. The molecule has 1 heterocycles. The summed E-state index contributed by atoms with van der Waals surface area (Å²) in [5.41, 5.74) is 0.673. The maximum absolute atomic E-state index is 12.5. The molecule has 2 aromatic carbocycles. The van der Waals surface area contributed by atoms with Gasteiger partial charge < -0.3 is 10.1 Å². The SMILES string of the molecule is Cc1cccc(C(=O)OCC(=O)N2CC(=O)Nc3ccccc32)c1[N+](=O)[O-]. The van der Waals surface area contributed by atoms with Crippen molar-refractivity contribution in [2.24, 2.45) is 0 Å². The second kappa shape index (κ2) is 7.24. The van der Waals surface area contributed by atoms with E-state index in [9.17, 15) is 24.5 Å². The number of ether oxygens (including phenoxy) is 1. The summed E-state index contributed by atoms with van der Waals surface area (Å²) in [6, 6.07) is 11.0. The Balaban J connectivity index is 1.76. The van der Waals surface area contributed by atoms with Gasteiger partial charge >= 0.3 is 5.97 Å². The number of benzene rings is 2. The zero-order chi connectivity index (χ0) is 19.6. The van der Waals surface area contributed by atoms with Crippen LogP contribution in [-0.4, -0.2) is 35.9 Å². The number of nitro benzene ring substituents is 1. The first kappa shape index (κ1) is 18.1. The van der Waals surface area contributed by atoms with E-state index in [1.807, 2.05) is 0 Å². The third-order valence-electron chi connectivity index (χ3n) is 4.04. The summed E-state index contributed by atoms with van der Waals surface area (Å²) in [6.45, 7) is 0.646. The van der Waals surface area contributed by atoms with E-state index in [1.54, 1.807) is 24.3 Å². The average Bonchev–Trinajstić information content (AvgIpc) is 2.64. The molecule has 0 aromatic heterocycles. The average molecular weight is 369 g/mol. The van der Waals surface area contributed by atoms with E-state index < -0.39 is 23.4 Å². The van der Waals surface area contributed by atoms with Crippen LogP contribution in [0.3, 0.4) is 0 Å². The maximum Gasteiger partial charge on any atom is 0.345 e. The number of amides is 2.